The number of rotatable bonds is 8. The molecule has 0 aliphatic carbocycles. The fourth-order valence-corrected chi connectivity index (χ4v) is 1.26. The molecule has 0 bridgehead atoms. The maximum atomic E-state index is 11.2. The Bertz CT molecular complexity index is 183. The van der Waals surface area contributed by atoms with Crippen LogP contribution in [0, 0.1) is 0 Å². The van der Waals surface area contributed by atoms with Gasteiger partial charge < -0.3 is 11.1 Å². The number of nitrogens with one attached hydrogen (secondary N) is 1. The lowest BCUT2D eigenvalue weighted by Gasteiger charge is -2.03. The van der Waals surface area contributed by atoms with Gasteiger partial charge in [0.25, 0.3) is 0 Å². The summed E-state index contributed by atoms with van der Waals surface area (Å²) >= 11 is 4.73. The summed E-state index contributed by atoms with van der Waals surface area (Å²) in [6.45, 7) is 2.81. The molecule has 0 saturated carbocycles. The molecule has 0 radical (unpaired) electrons. The number of carbonyl (C=O) groups excluding carboxylic acids is 1. The Morgan fingerprint density at radius 2 is 2.00 bits per heavy atom. The highest BCUT2D eigenvalue weighted by molar-refractivity contribution is 7.80. The van der Waals surface area contributed by atoms with E-state index in [1.807, 2.05) is 0 Å². The van der Waals surface area contributed by atoms with Crippen LogP contribution in [0.5, 0.6) is 0 Å². The molecule has 0 aromatic carbocycles. The first-order valence-corrected chi connectivity index (χ1v) is 5.62. The van der Waals surface area contributed by atoms with Crippen molar-refractivity contribution in [3.63, 3.8) is 0 Å². The molecule has 4 heteroatoms. The van der Waals surface area contributed by atoms with Gasteiger partial charge in [0, 0.05) is 13.0 Å². The van der Waals surface area contributed by atoms with Crippen LogP contribution in [-0.4, -0.2) is 17.4 Å². The van der Waals surface area contributed by atoms with Crippen LogP contribution in [0.2, 0.25) is 0 Å². The normalized spacial score (nSPS) is 9.79. The van der Waals surface area contributed by atoms with Crippen molar-refractivity contribution in [3.05, 3.63) is 0 Å². The van der Waals surface area contributed by atoms with Crippen LogP contribution >= 0.6 is 12.2 Å². The van der Waals surface area contributed by atoms with Crippen LogP contribution in [0.4, 0.5) is 0 Å². The van der Waals surface area contributed by atoms with Crippen molar-refractivity contribution in [1.29, 1.82) is 0 Å². The van der Waals surface area contributed by atoms with Gasteiger partial charge >= 0.3 is 0 Å². The molecule has 0 aromatic heterocycles. The highest BCUT2D eigenvalue weighted by Gasteiger charge is 1.99. The number of carbonyl (C=O) groups is 1. The van der Waals surface area contributed by atoms with Gasteiger partial charge in [0.1, 0.15) is 0 Å². The Morgan fingerprint density at radius 3 is 2.57 bits per heavy atom. The molecule has 0 fully saturated rings. The van der Waals surface area contributed by atoms with E-state index in [1.165, 1.54) is 0 Å². The molecule has 1 amide bonds. The third-order valence-corrected chi connectivity index (χ3v) is 2.13. The number of nitrogens with two attached hydrogens (primary N) is 1. The summed E-state index contributed by atoms with van der Waals surface area (Å²) in [6, 6.07) is 0. The average molecular weight is 216 g/mol. The van der Waals surface area contributed by atoms with E-state index in [2.05, 4.69) is 12.2 Å². The van der Waals surface area contributed by atoms with E-state index in [4.69, 9.17) is 18.0 Å². The summed E-state index contributed by atoms with van der Waals surface area (Å²) in [4.78, 5) is 11.7. The molecule has 0 saturated heterocycles. The highest BCUT2D eigenvalue weighted by atomic mass is 32.1. The largest absolute Gasteiger partial charge is 0.393 e. The number of hydrogen-bond acceptors (Lipinski definition) is 2. The highest BCUT2D eigenvalue weighted by Crippen LogP contribution is 1.98. The van der Waals surface area contributed by atoms with Gasteiger partial charge in [0.2, 0.25) is 5.91 Å². The molecule has 0 rings (SSSR count). The molecule has 3 N–H and O–H groups in total. The van der Waals surface area contributed by atoms with Gasteiger partial charge in [-0.25, -0.2) is 0 Å². The lowest BCUT2D eigenvalue weighted by Crippen LogP contribution is -2.24. The minimum Gasteiger partial charge on any atom is -0.393 e. The summed E-state index contributed by atoms with van der Waals surface area (Å²) in [6.07, 6.45) is 5.45. The number of hydrogen-bond donors (Lipinski definition) is 2. The van der Waals surface area contributed by atoms with Crippen molar-refractivity contribution in [2.24, 2.45) is 5.73 Å². The van der Waals surface area contributed by atoms with Crippen molar-refractivity contribution in [2.75, 3.05) is 6.54 Å². The fourth-order valence-electron chi connectivity index (χ4n) is 1.11. The Balaban J connectivity index is 3.22. The molecule has 3 nitrogen and oxygen atoms in total. The van der Waals surface area contributed by atoms with Crippen LogP contribution in [0.15, 0.2) is 0 Å². The maximum absolute atomic E-state index is 11.2. The lowest BCUT2D eigenvalue weighted by molar-refractivity contribution is -0.121. The monoisotopic (exact) mass is 216 g/mol. The van der Waals surface area contributed by atoms with Crippen LogP contribution in [0.3, 0.4) is 0 Å². The molecule has 0 unspecified atom stereocenters. The summed E-state index contributed by atoms with van der Waals surface area (Å²) < 4.78 is 0. The van der Waals surface area contributed by atoms with Crippen molar-refractivity contribution in [2.45, 2.75) is 45.4 Å². The molecule has 0 heterocycles. The third kappa shape index (κ3) is 9.45. The Kier molecular flexibility index (Phi) is 8.53. The molecular formula is C10H20N2OS. The maximum Gasteiger partial charge on any atom is 0.219 e. The van der Waals surface area contributed by atoms with Gasteiger partial charge in [-0.2, -0.15) is 0 Å². The standard InChI is InChI=1S/C10H20N2OS/c1-2-3-4-7-10(13)12-8-5-6-9(11)14/h2-8H2,1H3,(H2,11,14)(H,12,13). The second-order valence-electron chi connectivity index (χ2n) is 3.38. The SMILES string of the molecule is CCCCCC(=O)NCCCC(N)=S. The van der Waals surface area contributed by atoms with Gasteiger partial charge in [0.15, 0.2) is 0 Å². The van der Waals surface area contributed by atoms with Gasteiger partial charge in [-0.05, 0) is 19.3 Å². The Morgan fingerprint density at radius 1 is 1.29 bits per heavy atom. The van der Waals surface area contributed by atoms with E-state index in [9.17, 15) is 4.79 Å². The number of thiocarbonyl (C=S) groups is 1. The quantitative estimate of drug-likeness (QED) is 0.480. The zero-order valence-electron chi connectivity index (χ0n) is 8.84. The zero-order valence-corrected chi connectivity index (χ0v) is 9.66. The molecule has 0 spiro atoms. The second kappa shape index (κ2) is 8.94. The van der Waals surface area contributed by atoms with Gasteiger partial charge in [-0.15, -0.1) is 0 Å². The minimum absolute atomic E-state index is 0.140. The molecule has 0 aromatic rings. The van der Waals surface area contributed by atoms with Gasteiger partial charge in [-0.3, -0.25) is 4.79 Å². The van der Waals surface area contributed by atoms with E-state index in [-0.39, 0.29) is 5.91 Å². The van der Waals surface area contributed by atoms with Crippen molar-refractivity contribution >= 4 is 23.1 Å². The van der Waals surface area contributed by atoms with E-state index in [1.54, 1.807) is 0 Å². The Labute approximate surface area is 91.4 Å². The fraction of sp³-hybridized carbons (Fsp3) is 0.800. The molecule has 14 heavy (non-hydrogen) atoms. The van der Waals surface area contributed by atoms with Crippen molar-refractivity contribution < 1.29 is 4.79 Å². The summed E-state index contributed by atoms with van der Waals surface area (Å²) in [5, 5.41) is 2.84. The summed E-state index contributed by atoms with van der Waals surface area (Å²) in [5.74, 6) is 0.140. The first-order valence-electron chi connectivity index (χ1n) is 5.21. The molecule has 0 aliphatic rings. The predicted molar refractivity (Wildman–Crippen MR) is 63.2 cm³/mol. The van der Waals surface area contributed by atoms with E-state index in [0.717, 1.165) is 25.7 Å². The first kappa shape index (κ1) is 13.4. The average Bonchev–Trinajstić information content (AvgIpc) is 2.13. The topological polar surface area (TPSA) is 55.1 Å². The number of amides is 1. The lowest BCUT2D eigenvalue weighted by atomic mass is 10.2. The van der Waals surface area contributed by atoms with E-state index < -0.39 is 0 Å². The van der Waals surface area contributed by atoms with Crippen molar-refractivity contribution in [3.8, 4) is 0 Å². The van der Waals surface area contributed by atoms with E-state index in [0.29, 0.717) is 24.4 Å². The predicted octanol–water partition coefficient (Wildman–Crippen LogP) is 1.75. The van der Waals surface area contributed by atoms with Crippen LogP contribution < -0.4 is 11.1 Å². The zero-order chi connectivity index (χ0) is 10.8. The summed E-state index contributed by atoms with van der Waals surface area (Å²) in [5.41, 5.74) is 5.33. The van der Waals surface area contributed by atoms with E-state index >= 15 is 0 Å². The smallest absolute Gasteiger partial charge is 0.219 e. The first-order chi connectivity index (χ1) is 6.66. The molecular weight excluding hydrogens is 196 g/mol. The Hall–Kier alpha value is -0.640. The second-order valence-corrected chi connectivity index (χ2v) is 3.90. The van der Waals surface area contributed by atoms with Gasteiger partial charge in [0.05, 0.1) is 4.99 Å². The molecule has 0 atom stereocenters. The molecule has 0 aliphatic heterocycles. The van der Waals surface area contributed by atoms with Gasteiger partial charge in [-0.1, -0.05) is 32.0 Å². The molecule has 82 valence electrons. The third-order valence-electron chi connectivity index (χ3n) is 1.93. The van der Waals surface area contributed by atoms with Crippen LogP contribution in [0.1, 0.15) is 45.4 Å². The summed E-state index contributed by atoms with van der Waals surface area (Å²) in [7, 11) is 0. The minimum atomic E-state index is 0.140. The van der Waals surface area contributed by atoms with Crippen LogP contribution in [-0.2, 0) is 4.79 Å². The van der Waals surface area contributed by atoms with Crippen LogP contribution in [0.25, 0.3) is 0 Å². The number of unbranched alkanes of at least 4 members (excludes halogenated alkanes) is 2. The van der Waals surface area contributed by atoms with Crippen molar-refractivity contribution in [1.82, 2.24) is 5.32 Å².